The minimum absolute atomic E-state index is 0.468. The third-order valence-corrected chi connectivity index (χ3v) is 5.09. The van der Waals surface area contributed by atoms with Crippen molar-refractivity contribution in [3.05, 3.63) is 0 Å². The van der Waals surface area contributed by atoms with Crippen LogP contribution >= 0.6 is 0 Å². The molecular weight excluding hydrogens is 234 g/mol. The molecule has 0 heterocycles. The van der Waals surface area contributed by atoms with E-state index in [-0.39, 0.29) is 0 Å². The molecule has 0 aromatic rings. The summed E-state index contributed by atoms with van der Waals surface area (Å²) in [5.41, 5.74) is 5.94. The van der Waals surface area contributed by atoms with Crippen molar-refractivity contribution in [3.63, 3.8) is 0 Å². The van der Waals surface area contributed by atoms with Crippen molar-refractivity contribution in [2.45, 2.75) is 82.3 Å². The van der Waals surface area contributed by atoms with Crippen LogP contribution in [0.1, 0.15) is 64.2 Å². The lowest BCUT2D eigenvalue weighted by molar-refractivity contribution is 0.188. The van der Waals surface area contributed by atoms with Gasteiger partial charge < -0.3 is 16.0 Å². The second-order valence-corrected chi connectivity index (χ2v) is 6.69. The molecular formula is C16H33N3. The van der Waals surface area contributed by atoms with E-state index in [2.05, 4.69) is 17.3 Å². The molecule has 0 radical (unpaired) electrons. The lowest BCUT2D eigenvalue weighted by Crippen LogP contribution is -2.39. The van der Waals surface area contributed by atoms with Crippen LogP contribution in [0.2, 0.25) is 0 Å². The molecule has 3 N–H and O–H groups in total. The molecule has 2 aliphatic rings. The van der Waals surface area contributed by atoms with Crippen molar-refractivity contribution in [2.24, 2.45) is 5.73 Å². The van der Waals surface area contributed by atoms with Crippen LogP contribution in [0.25, 0.3) is 0 Å². The summed E-state index contributed by atoms with van der Waals surface area (Å²) in [4.78, 5) is 2.59. The first kappa shape index (κ1) is 15.3. The monoisotopic (exact) mass is 267 g/mol. The Labute approximate surface area is 119 Å². The van der Waals surface area contributed by atoms with Gasteiger partial charge in [0.2, 0.25) is 0 Å². The Kier molecular flexibility index (Phi) is 6.62. The zero-order valence-electron chi connectivity index (χ0n) is 12.7. The molecule has 0 unspecified atom stereocenters. The summed E-state index contributed by atoms with van der Waals surface area (Å²) >= 11 is 0. The van der Waals surface area contributed by atoms with Crippen molar-refractivity contribution in [2.75, 3.05) is 20.1 Å². The van der Waals surface area contributed by atoms with Gasteiger partial charge in [-0.15, -0.1) is 0 Å². The molecule has 0 saturated heterocycles. The van der Waals surface area contributed by atoms with Crippen LogP contribution in [0, 0.1) is 0 Å². The van der Waals surface area contributed by atoms with Gasteiger partial charge >= 0.3 is 0 Å². The Morgan fingerprint density at radius 2 is 1.68 bits per heavy atom. The summed E-state index contributed by atoms with van der Waals surface area (Å²) in [5, 5.41) is 3.72. The fourth-order valence-electron chi connectivity index (χ4n) is 3.66. The van der Waals surface area contributed by atoms with Gasteiger partial charge in [-0.3, -0.25) is 0 Å². The van der Waals surface area contributed by atoms with Gasteiger partial charge in [-0.2, -0.15) is 0 Å². The number of hydrogen-bond donors (Lipinski definition) is 2. The van der Waals surface area contributed by atoms with Gasteiger partial charge in [-0.1, -0.05) is 19.3 Å². The van der Waals surface area contributed by atoms with E-state index in [9.17, 15) is 0 Å². The Morgan fingerprint density at radius 1 is 1.00 bits per heavy atom. The predicted octanol–water partition coefficient (Wildman–Crippen LogP) is 2.50. The van der Waals surface area contributed by atoms with Gasteiger partial charge in [0, 0.05) is 18.1 Å². The molecule has 2 rings (SSSR count). The molecule has 0 amide bonds. The molecule has 2 fully saturated rings. The molecule has 3 heteroatoms. The molecule has 0 aromatic carbocycles. The molecule has 0 atom stereocenters. The maximum atomic E-state index is 5.94. The van der Waals surface area contributed by atoms with Crippen LogP contribution in [-0.2, 0) is 0 Å². The normalized spacial score (nSPS) is 29.8. The number of rotatable bonds is 6. The number of hydrogen-bond acceptors (Lipinski definition) is 3. The molecule has 2 aliphatic carbocycles. The van der Waals surface area contributed by atoms with Gasteiger partial charge in [0.15, 0.2) is 0 Å². The summed E-state index contributed by atoms with van der Waals surface area (Å²) in [6, 6.07) is 2.07. The molecule has 0 spiro atoms. The van der Waals surface area contributed by atoms with Crippen molar-refractivity contribution in [1.29, 1.82) is 0 Å². The zero-order chi connectivity index (χ0) is 13.5. The Balaban J connectivity index is 1.51. The Hall–Kier alpha value is -0.120. The lowest BCUT2D eigenvalue weighted by atomic mass is 9.92. The van der Waals surface area contributed by atoms with Gasteiger partial charge in [0.25, 0.3) is 0 Å². The first-order chi connectivity index (χ1) is 9.25. The quantitative estimate of drug-likeness (QED) is 0.727. The van der Waals surface area contributed by atoms with Gasteiger partial charge in [0.1, 0.15) is 0 Å². The highest BCUT2D eigenvalue weighted by molar-refractivity contribution is 4.79. The van der Waals surface area contributed by atoms with Crippen LogP contribution < -0.4 is 11.1 Å². The molecule has 0 aromatic heterocycles. The molecule has 0 aliphatic heterocycles. The first-order valence-electron chi connectivity index (χ1n) is 8.45. The van der Waals surface area contributed by atoms with Crippen LogP contribution in [0.3, 0.4) is 0 Å². The van der Waals surface area contributed by atoms with Crippen LogP contribution in [0.4, 0.5) is 0 Å². The highest BCUT2D eigenvalue weighted by Crippen LogP contribution is 2.21. The Morgan fingerprint density at radius 3 is 2.37 bits per heavy atom. The zero-order valence-corrected chi connectivity index (χ0v) is 12.7. The van der Waals surface area contributed by atoms with E-state index in [0.717, 1.165) is 12.1 Å². The largest absolute Gasteiger partial charge is 0.328 e. The number of nitrogens with zero attached hydrogens (tertiary/aromatic N) is 1. The van der Waals surface area contributed by atoms with E-state index in [1.54, 1.807) is 0 Å². The lowest BCUT2D eigenvalue weighted by Gasteiger charge is -2.31. The van der Waals surface area contributed by atoms with Crippen molar-refractivity contribution in [3.8, 4) is 0 Å². The van der Waals surface area contributed by atoms with E-state index in [1.807, 2.05) is 0 Å². The van der Waals surface area contributed by atoms with E-state index < -0.39 is 0 Å². The van der Waals surface area contributed by atoms with Gasteiger partial charge in [-0.25, -0.2) is 0 Å². The third-order valence-electron chi connectivity index (χ3n) is 5.09. The van der Waals surface area contributed by atoms with E-state index in [1.165, 1.54) is 77.3 Å². The maximum Gasteiger partial charge on any atom is 0.00922 e. The fourth-order valence-corrected chi connectivity index (χ4v) is 3.66. The summed E-state index contributed by atoms with van der Waals surface area (Å²) in [5.74, 6) is 0. The van der Waals surface area contributed by atoms with Crippen LogP contribution in [0.5, 0.6) is 0 Å². The SMILES string of the molecule is CN(CCCNC1CCC(N)CC1)C1CCCCC1. The minimum atomic E-state index is 0.468. The third kappa shape index (κ3) is 5.41. The average Bonchev–Trinajstić information content (AvgIpc) is 2.46. The molecule has 2 saturated carbocycles. The highest BCUT2D eigenvalue weighted by atomic mass is 15.1. The summed E-state index contributed by atoms with van der Waals surface area (Å²) in [7, 11) is 2.32. The summed E-state index contributed by atoms with van der Waals surface area (Å²) in [6.45, 7) is 2.43. The minimum Gasteiger partial charge on any atom is -0.328 e. The molecule has 0 bridgehead atoms. The standard InChI is InChI=1S/C16H33N3/c1-19(16-6-3-2-4-7-16)13-5-12-18-15-10-8-14(17)9-11-15/h14-16,18H,2-13,17H2,1H3. The maximum absolute atomic E-state index is 5.94. The smallest absolute Gasteiger partial charge is 0.00922 e. The number of nitrogens with one attached hydrogen (secondary N) is 1. The van der Waals surface area contributed by atoms with Gasteiger partial charge in [0.05, 0.1) is 0 Å². The number of nitrogens with two attached hydrogens (primary N) is 1. The van der Waals surface area contributed by atoms with Crippen LogP contribution in [0.15, 0.2) is 0 Å². The molecule has 3 nitrogen and oxygen atoms in total. The van der Waals surface area contributed by atoms with Crippen LogP contribution in [-0.4, -0.2) is 43.2 Å². The van der Waals surface area contributed by atoms with E-state index in [4.69, 9.17) is 5.73 Å². The topological polar surface area (TPSA) is 41.3 Å². The van der Waals surface area contributed by atoms with Gasteiger partial charge in [-0.05, 0) is 65.1 Å². The summed E-state index contributed by atoms with van der Waals surface area (Å²) in [6.07, 6.45) is 13.4. The van der Waals surface area contributed by atoms with E-state index >= 15 is 0 Å². The predicted molar refractivity (Wildman–Crippen MR) is 82.4 cm³/mol. The molecule has 19 heavy (non-hydrogen) atoms. The second-order valence-electron chi connectivity index (χ2n) is 6.69. The summed E-state index contributed by atoms with van der Waals surface area (Å²) < 4.78 is 0. The average molecular weight is 267 g/mol. The van der Waals surface area contributed by atoms with Crippen molar-refractivity contribution >= 4 is 0 Å². The van der Waals surface area contributed by atoms with Crippen molar-refractivity contribution < 1.29 is 0 Å². The van der Waals surface area contributed by atoms with E-state index in [0.29, 0.717) is 6.04 Å². The highest BCUT2D eigenvalue weighted by Gasteiger charge is 2.19. The molecule has 112 valence electrons. The Bertz CT molecular complexity index is 230. The van der Waals surface area contributed by atoms with Crippen molar-refractivity contribution in [1.82, 2.24) is 10.2 Å². The fraction of sp³-hybridized carbons (Fsp3) is 1.00. The second kappa shape index (κ2) is 8.23. The first-order valence-corrected chi connectivity index (χ1v) is 8.45.